The van der Waals surface area contributed by atoms with Gasteiger partial charge in [0, 0.05) is 6.42 Å². The molecule has 0 heterocycles. The zero-order valence-corrected chi connectivity index (χ0v) is 18.8. The number of carboxylic acid groups (broad SMARTS) is 1. The van der Waals surface area contributed by atoms with Crippen molar-refractivity contribution in [3.63, 3.8) is 0 Å². The number of hydrogen-bond acceptors (Lipinski definition) is 1. The standard InChI is InChI=1S/C13H26.C12H24O2/c1-3-5-7-9-11-13-12-10-8-6-4-2;1-2-3-4-5-6-7-8-9-10-11-12(13)14/h3H,1,4-13H2,2H3;2-11H2,1H3,(H,13,14). The number of hydrogen-bond donors (Lipinski definition) is 1. The molecule has 0 fully saturated rings. The molecule has 0 bridgehead atoms. The third kappa shape index (κ3) is 33.2. The lowest BCUT2D eigenvalue weighted by molar-refractivity contribution is -0.137. The Balaban J connectivity index is 0. The molecule has 0 radical (unpaired) electrons. The van der Waals surface area contributed by atoms with E-state index in [4.69, 9.17) is 5.11 Å². The monoisotopic (exact) mass is 382 g/mol. The molecule has 0 aromatic rings. The third-order valence-electron chi connectivity index (χ3n) is 5.01. The van der Waals surface area contributed by atoms with Crippen molar-refractivity contribution in [2.75, 3.05) is 0 Å². The summed E-state index contributed by atoms with van der Waals surface area (Å²) < 4.78 is 0. The topological polar surface area (TPSA) is 37.3 Å². The van der Waals surface area contributed by atoms with Gasteiger partial charge in [0.15, 0.2) is 0 Å². The van der Waals surface area contributed by atoms with Crippen LogP contribution in [-0.4, -0.2) is 11.1 Å². The first-order valence-corrected chi connectivity index (χ1v) is 12.0. The zero-order chi connectivity index (χ0) is 20.4. The summed E-state index contributed by atoms with van der Waals surface area (Å²) in [5, 5.41) is 8.41. The van der Waals surface area contributed by atoms with Gasteiger partial charge in [-0.05, 0) is 19.3 Å². The fourth-order valence-corrected chi connectivity index (χ4v) is 3.19. The molecule has 0 atom stereocenters. The fourth-order valence-electron chi connectivity index (χ4n) is 3.19. The van der Waals surface area contributed by atoms with Gasteiger partial charge in [0.05, 0.1) is 0 Å². The summed E-state index contributed by atoms with van der Waals surface area (Å²) in [6.07, 6.45) is 27.5. The van der Waals surface area contributed by atoms with Gasteiger partial charge in [0.1, 0.15) is 0 Å². The molecule has 2 heteroatoms. The largest absolute Gasteiger partial charge is 0.481 e. The molecule has 0 saturated carbocycles. The highest BCUT2D eigenvalue weighted by Gasteiger charge is 1.96. The smallest absolute Gasteiger partial charge is 0.303 e. The van der Waals surface area contributed by atoms with Crippen molar-refractivity contribution >= 4 is 5.97 Å². The molecule has 27 heavy (non-hydrogen) atoms. The second-order valence-electron chi connectivity index (χ2n) is 7.88. The van der Waals surface area contributed by atoms with Gasteiger partial charge in [0.2, 0.25) is 0 Å². The zero-order valence-electron chi connectivity index (χ0n) is 18.8. The molecule has 1 N–H and O–H groups in total. The molecule has 0 unspecified atom stereocenters. The van der Waals surface area contributed by atoms with Crippen molar-refractivity contribution in [2.45, 2.75) is 142 Å². The van der Waals surface area contributed by atoms with Gasteiger partial charge in [-0.2, -0.15) is 0 Å². The first-order chi connectivity index (χ1) is 13.2. The van der Waals surface area contributed by atoms with Gasteiger partial charge in [-0.15, -0.1) is 6.58 Å². The summed E-state index contributed by atoms with van der Waals surface area (Å²) >= 11 is 0. The van der Waals surface area contributed by atoms with Crippen LogP contribution in [0.2, 0.25) is 0 Å². The molecule has 0 aromatic carbocycles. The maximum atomic E-state index is 10.2. The first kappa shape index (κ1) is 28.4. The van der Waals surface area contributed by atoms with Crippen LogP contribution in [0.15, 0.2) is 12.7 Å². The molecule has 0 aliphatic carbocycles. The molecule has 2 nitrogen and oxygen atoms in total. The second-order valence-corrected chi connectivity index (χ2v) is 7.88. The first-order valence-electron chi connectivity index (χ1n) is 12.0. The van der Waals surface area contributed by atoms with Crippen molar-refractivity contribution in [1.82, 2.24) is 0 Å². The van der Waals surface area contributed by atoms with E-state index in [-0.39, 0.29) is 0 Å². The highest BCUT2D eigenvalue weighted by Crippen LogP contribution is 2.11. The highest BCUT2D eigenvalue weighted by atomic mass is 16.4. The molecular weight excluding hydrogens is 332 g/mol. The van der Waals surface area contributed by atoms with Gasteiger partial charge >= 0.3 is 5.97 Å². The van der Waals surface area contributed by atoms with Crippen LogP contribution in [0.1, 0.15) is 142 Å². The van der Waals surface area contributed by atoms with Gasteiger partial charge in [0.25, 0.3) is 0 Å². The van der Waals surface area contributed by atoms with Crippen molar-refractivity contribution < 1.29 is 9.90 Å². The molecule has 0 aliphatic heterocycles. The predicted molar refractivity (Wildman–Crippen MR) is 122 cm³/mol. The normalized spacial score (nSPS) is 10.3. The quantitative estimate of drug-likeness (QED) is 0.168. The number of unbranched alkanes of at least 4 members (excludes halogenated alkanes) is 17. The molecule has 0 spiro atoms. The Bertz CT molecular complexity index is 286. The number of aliphatic carboxylic acids is 1. The number of allylic oxidation sites excluding steroid dienone is 1. The van der Waals surface area contributed by atoms with Crippen LogP contribution < -0.4 is 0 Å². The maximum absolute atomic E-state index is 10.2. The molecule has 0 aliphatic rings. The van der Waals surface area contributed by atoms with Crippen LogP contribution in [0.4, 0.5) is 0 Å². The predicted octanol–water partition coefficient (Wildman–Crippen LogP) is 9.09. The molecule has 0 amide bonds. The van der Waals surface area contributed by atoms with Crippen molar-refractivity contribution in [3.05, 3.63) is 12.7 Å². The van der Waals surface area contributed by atoms with Crippen LogP contribution in [0.3, 0.4) is 0 Å². The molecule has 0 aromatic heterocycles. The lowest BCUT2D eigenvalue weighted by Gasteiger charge is -2.00. The second kappa shape index (κ2) is 27.4. The highest BCUT2D eigenvalue weighted by molar-refractivity contribution is 5.66. The van der Waals surface area contributed by atoms with Crippen LogP contribution >= 0.6 is 0 Å². The Morgan fingerprint density at radius 1 is 0.630 bits per heavy atom. The van der Waals surface area contributed by atoms with Gasteiger partial charge in [-0.1, -0.05) is 123 Å². The van der Waals surface area contributed by atoms with Gasteiger partial charge in [-0.3, -0.25) is 4.79 Å². The van der Waals surface area contributed by atoms with Gasteiger partial charge in [-0.25, -0.2) is 0 Å². The van der Waals surface area contributed by atoms with E-state index < -0.39 is 5.97 Å². The minimum Gasteiger partial charge on any atom is -0.481 e. The number of carboxylic acids is 1. The Labute approximate surface area is 171 Å². The summed E-state index contributed by atoms with van der Waals surface area (Å²) in [4.78, 5) is 10.2. The van der Waals surface area contributed by atoms with E-state index in [1.807, 2.05) is 6.08 Å². The Morgan fingerprint density at radius 3 is 1.30 bits per heavy atom. The third-order valence-corrected chi connectivity index (χ3v) is 5.01. The molecule has 0 rings (SSSR count). The van der Waals surface area contributed by atoms with Crippen molar-refractivity contribution in [2.24, 2.45) is 0 Å². The van der Waals surface area contributed by atoms with E-state index in [1.165, 1.54) is 109 Å². The van der Waals surface area contributed by atoms with Crippen LogP contribution in [0.5, 0.6) is 0 Å². The fraction of sp³-hybridized carbons (Fsp3) is 0.880. The average molecular weight is 383 g/mol. The van der Waals surface area contributed by atoms with Crippen LogP contribution in [-0.2, 0) is 4.79 Å². The Kier molecular flexibility index (Phi) is 28.9. The summed E-state index contributed by atoms with van der Waals surface area (Å²) in [5.74, 6) is -0.659. The summed E-state index contributed by atoms with van der Waals surface area (Å²) in [6, 6.07) is 0. The van der Waals surface area contributed by atoms with E-state index in [1.54, 1.807) is 0 Å². The van der Waals surface area contributed by atoms with E-state index >= 15 is 0 Å². The van der Waals surface area contributed by atoms with Gasteiger partial charge < -0.3 is 5.11 Å². The minimum absolute atomic E-state index is 0.343. The minimum atomic E-state index is -0.659. The molecular formula is C25H50O2. The molecule has 0 saturated heterocycles. The van der Waals surface area contributed by atoms with E-state index in [9.17, 15) is 4.79 Å². The number of rotatable bonds is 20. The Hall–Kier alpha value is -0.790. The summed E-state index contributed by atoms with van der Waals surface area (Å²) in [5.41, 5.74) is 0. The van der Waals surface area contributed by atoms with Crippen LogP contribution in [0, 0.1) is 0 Å². The average Bonchev–Trinajstić information content (AvgIpc) is 2.66. The molecule has 162 valence electrons. The number of carbonyl (C=O) groups is 1. The lowest BCUT2D eigenvalue weighted by Crippen LogP contribution is -1.93. The van der Waals surface area contributed by atoms with Crippen molar-refractivity contribution in [1.29, 1.82) is 0 Å². The van der Waals surface area contributed by atoms with E-state index in [0.29, 0.717) is 6.42 Å². The summed E-state index contributed by atoms with van der Waals surface area (Å²) in [6.45, 7) is 8.23. The SMILES string of the molecule is C=CCCCCCCCCCCC.CCCCCCCCCCCC(=O)O. The van der Waals surface area contributed by atoms with E-state index in [2.05, 4.69) is 20.4 Å². The van der Waals surface area contributed by atoms with Crippen molar-refractivity contribution in [3.8, 4) is 0 Å². The maximum Gasteiger partial charge on any atom is 0.303 e. The lowest BCUT2D eigenvalue weighted by atomic mass is 10.1. The Morgan fingerprint density at radius 2 is 0.963 bits per heavy atom. The summed E-state index contributed by atoms with van der Waals surface area (Å²) in [7, 11) is 0. The van der Waals surface area contributed by atoms with E-state index in [0.717, 1.165) is 12.8 Å². The van der Waals surface area contributed by atoms with Crippen LogP contribution in [0.25, 0.3) is 0 Å².